The van der Waals surface area contributed by atoms with E-state index in [1.165, 1.54) is 24.8 Å². The van der Waals surface area contributed by atoms with Gasteiger partial charge in [-0.25, -0.2) is 0 Å². The quantitative estimate of drug-likeness (QED) is 0.869. The third-order valence-electron chi connectivity index (χ3n) is 7.89. The monoisotopic (exact) mass is 352 g/mol. The fourth-order valence-corrected chi connectivity index (χ4v) is 7.59. The Kier molecular flexibility index (Phi) is 3.76. The number of carbonyl (C=O) groups is 1. The summed E-state index contributed by atoms with van der Waals surface area (Å²) < 4.78 is 0. The molecule has 5 fully saturated rings. The number of hydrogen-bond acceptors (Lipinski definition) is 2. The summed E-state index contributed by atoms with van der Waals surface area (Å²) in [5.74, 6) is 1.09. The third-order valence-corrected chi connectivity index (χ3v) is 7.89. The summed E-state index contributed by atoms with van der Waals surface area (Å²) in [7, 11) is 0. The van der Waals surface area contributed by atoms with Gasteiger partial charge in [0.1, 0.15) is 0 Å². The number of carbonyl (C=O) groups excluding carboxylic acids is 1. The molecule has 1 heterocycles. The molecule has 5 aliphatic rings. The van der Waals surface area contributed by atoms with Crippen LogP contribution < -0.4 is 10.6 Å². The minimum atomic E-state index is -0.130. The summed E-state index contributed by atoms with van der Waals surface area (Å²) in [5, 5.41) is 6.89. The van der Waals surface area contributed by atoms with Crippen molar-refractivity contribution >= 4 is 5.91 Å². The molecule has 2 N–H and O–H groups in total. The van der Waals surface area contributed by atoms with E-state index >= 15 is 0 Å². The highest BCUT2D eigenvalue weighted by atomic mass is 16.2. The summed E-state index contributed by atoms with van der Waals surface area (Å²) in [5.41, 5.74) is 1.91. The number of amides is 1. The molecule has 1 aliphatic heterocycles. The number of rotatable bonds is 3. The molecule has 0 aromatic heterocycles. The van der Waals surface area contributed by atoms with Crippen LogP contribution in [0, 0.1) is 16.7 Å². The van der Waals surface area contributed by atoms with Gasteiger partial charge in [-0.1, -0.05) is 37.3 Å². The van der Waals surface area contributed by atoms with Gasteiger partial charge in [-0.3, -0.25) is 4.79 Å². The average Bonchev–Trinajstić information content (AvgIpc) is 2.61. The van der Waals surface area contributed by atoms with Gasteiger partial charge in [0.2, 0.25) is 5.91 Å². The SMILES string of the molecule is C[C@@]12CC3CC(C(=O)NC4CCNCC4)(CC(c4ccccc4)(C3)C1)C2. The van der Waals surface area contributed by atoms with Gasteiger partial charge in [0.05, 0.1) is 5.41 Å². The minimum Gasteiger partial charge on any atom is -0.353 e. The van der Waals surface area contributed by atoms with Gasteiger partial charge >= 0.3 is 0 Å². The predicted octanol–water partition coefficient (Wildman–Crippen LogP) is 3.78. The van der Waals surface area contributed by atoms with Crippen LogP contribution in [0.15, 0.2) is 30.3 Å². The Morgan fingerprint density at radius 3 is 2.54 bits per heavy atom. The Labute approximate surface area is 157 Å². The highest BCUT2D eigenvalue weighted by Gasteiger charge is 2.64. The van der Waals surface area contributed by atoms with Crippen LogP contribution in [0.25, 0.3) is 0 Å². The largest absolute Gasteiger partial charge is 0.353 e. The summed E-state index contributed by atoms with van der Waals surface area (Å²) in [6.07, 6.45) is 9.31. The second-order valence-electron chi connectivity index (χ2n) is 10.2. The van der Waals surface area contributed by atoms with E-state index in [2.05, 4.69) is 47.9 Å². The van der Waals surface area contributed by atoms with Crippen LogP contribution in [0.5, 0.6) is 0 Å². The fourth-order valence-electron chi connectivity index (χ4n) is 7.59. The standard InChI is InChI=1S/C23H32N2O/c1-21-11-17-12-22(14-21,18-5-3-2-4-6-18)16-23(13-17,15-21)20(26)25-19-7-9-24-10-8-19/h2-6,17,19,24H,7-16H2,1H3,(H,25,26)/t17?,21-,22?,23?/m1/s1. The van der Waals surface area contributed by atoms with E-state index in [0.717, 1.165) is 51.1 Å². The molecule has 4 aliphatic carbocycles. The van der Waals surface area contributed by atoms with Crippen molar-refractivity contribution in [1.82, 2.24) is 10.6 Å². The predicted molar refractivity (Wildman–Crippen MR) is 104 cm³/mol. The number of hydrogen-bond donors (Lipinski definition) is 2. The first-order chi connectivity index (χ1) is 12.5. The molecule has 140 valence electrons. The highest BCUT2D eigenvalue weighted by Crippen LogP contribution is 2.70. The highest BCUT2D eigenvalue weighted by molar-refractivity contribution is 5.84. The second kappa shape index (κ2) is 5.82. The molecule has 1 aromatic rings. The Hall–Kier alpha value is -1.35. The van der Waals surface area contributed by atoms with E-state index in [0.29, 0.717) is 17.4 Å². The zero-order chi connectivity index (χ0) is 17.8. The van der Waals surface area contributed by atoms with E-state index in [4.69, 9.17) is 0 Å². The lowest BCUT2D eigenvalue weighted by molar-refractivity contribution is -0.161. The molecule has 0 spiro atoms. The zero-order valence-corrected chi connectivity index (χ0v) is 16.0. The first kappa shape index (κ1) is 16.8. The van der Waals surface area contributed by atoms with Crippen LogP contribution in [-0.2, 0) is 10.2 Å². The van der Waals surface area contributed by atoms with Crippen LogP contribution in [0.1, 0.15) is 63.9 Å². The van der Waals surface area contributed by atoms with Crippen molar-refractivity contribution in [2.75, 3.05) is 13.1 Å². The van der Waals surface area contributed by atoms with Gasteiger partial charge < -0.3 is 10.6 Å². The van der Waals surface area contributed by atoms with Crippen molar-refractivity contribution in [2.45, 2.75) is 69.7 Å². The van der Waals surface area contributed by atoms with E-state index in [-0.39, 0.29) is 10.8 Å². The lowest BCUT2D eigenvalue weighted by atomic mass is 9.38. The summed E-state index contributed by atoms with van der Waals surface area (Å²) in [6, 6.07) is 11.5. The normalized spacial score (nSPS) is 42.0. The van der Waals surface area contributed by atoms with E-state index in [1.54, 1.807) is 0 Å². The first-order valence-corrected chi connectivity index (χ1v) is 10.6. The molecule has 1 saturated heterocycles. The average molecular weight is 353 g/mol. The molecular weight excluding hydrogens is 320 g/mol. The molecule has 3 unspecified atom stereocenters. The van der Waals surface area contributed by atoms with Gasteiger partial charge in [-0.15, -0.1) is 0 Å². The minimum absolute atomic E-state index is 0.130. The summed E-state index contributed by atoms with van der Waals surface area (Å²) in [6.45, 7) is 4.53. The Bertz CT molecular complexity index is 697. The molecule has 26 heavy (non-hydrogen) atoms. The topological polar surface area (TPSA) is 41.1 Å². The molecule has 0 radical (unpaired) electrons. The van der Waals surface area contributed by atoms with Gasteiger partial charge in [0.15, 0.2) is 0 Å². The third kappa shape index (κ3) is 2.62. The Balaban J connectivity index is 1.46. The van der Waals surface area contributed by atoms with Crippen molar-refractivity contribution < 1.29 is 4.79 Å². The first-order valence-electron chi connectivity index (χ1n) is 10.6. The molecular formula is C23H32N2O. The van der Waals surface area contributed by atoms with Gasteiger partial charge in [0.25, 0.3) is 0 Å². The van der Waals surface area contributed by atoms with E-state index < -0.39 is 0 Å². The van der Waals surface area contributed by atoms with E-state index in [1.807, 2.05) is 0 Å². The van der Waals surface area contributed by atoms with Crippen molar-refractivity contribution in [3.8, 4) is 0 Å². The van der Waals surface area contributed by atoms with Crippen molar-refractivity contribution in [2.24, 2.45) is 16.7 Å². The molecule has 4 atom stereocenters. The van der Waals surface area contributed by atoms with E-state index in [9.17, 15) is 4.79 Å². The Morgan fingerprint density at radius 2 is 1.81 bits per heavy atom. The molecule has 1 amide bonds. The van der Waals surface area contributed by atoms with Crippen LogP contribution in [0.3, 0.4) is 0 Å². The lowest BCUT2D eigenvalue weighted by Crippen LogP contribution is -2.63. The van der Waals surface area contributed by atoms with Crippen molar-refractivity contribution in [1.29, 1.82) is 0 Å². The van der Waals surface area contributed by atoms with Crippen LogP contribution in [-0.4, -0.2) is 25.0 Å². The molecule has 4 bridgehead atoms. The van der Waals surface area contributed by atoms with Gasteiger partial charge in [-0.05, 0) is 86.8 Å². The maximum absolute atomic E-state index is 13.5. The molecule has 4 saturated carbocycles. The maximum Gasteiger partial charge on any atom is 0.226 e. The molecule has 3 heteroatoms. The summed E-state index contributed by atoms with van der Waals surface area (Å²) in [4.78, 5) is 13.5. The smallest absolute Gasteiger partial charge is 0.226 e. The summed E-state index contributed by atoms with van der Waals surface area (Å²) >= 11 is 0. The molecule has 1 aromatic carbocycles. The van der Waals surface area contributed by atoms with Crippen molar-refractivity contribution in [3.63, 3.8) is 0 Å². The number of benzene rings is 1. The van der Waals surface area contributed by atoms with Gasteiger partial charge in [0, 0.05) is 6.04 Å². The zero-order valence-electron chi connectivity index (χ0n) is 16.0. The van der Waals surface area contributed by atoms with Crippen molar-refractivity contribution in [3.05, 3.63) is 35.9 Å². The van der Waals surface area contributed by atoms with Crippen LogP contribution >= 0.6 is 0 Å². The second-order valence-corrected chi connectivity index (χ2v) is 10.2. The molecule has 3 nitrogen and oxygen atoms in total. The molecule has 6 rings (SSSR count). The van der Waals surface area contributed by atoms with Crippen LogP contribution in [0.2, 0.25) is 0 Å². The van der Waals surface area contributed by atoms with Crippen LogP contribution in [0.4, 0.5) is 0 Å². The van der Waals surface area contributed by atoms with Gasteiger partial charge in [-0.2, -0.15) is 0 Å². The number of nitrogens with one attached hydrogen (secondary N) is 2. The maximum atomic E-state index is 13.5. The fraction of sp³-hybridized carbons (Fsp3) is 0.696. The lowest BCUT2D eigenvalue weighted by Gasteiger charge is -2.65. The Morgan fingerprint density at radius 1 is 1.04 bits per heavy atom. The number of piperidine rings is 1.